The first-order valence-corrected chi connectivity index (χ1v) is 4.26. The molecule has 0 saturated heterocycles. The molecule has 0 fully saturated rings. The standard InChI is InChI=1S/C10H10N3O2/c11-10(15)13-12-9(7-14)6-8-4-2-1-3-5-8/h1-5H,6H2,(H3,11,13,15)/b12-9-. The van der Waals surface area contributed by atoms with E-state index in [0.29, 0.717) is 6.42 Å². The Bertz CT molecular complexity index is 374. The number of urea groups is 1. The maximum Gasteiger partial charge on any atom is 0.332 e. The number of hydrazone groups is 1. The molecule has 0 unspecified atom stereocenters. The molecule has 0 bridgehead atoms. The first-order chi connectivity index (χ1) is 7.22. The van der Waals surface area contributed by atoms with Crippen LogP contribution in [0.1, 0.15) is 5.56 Å². The van der Waals surface area contributed by atoms with Crippen LogP contribution in [-0.4, -0.2) is 18.0 Å². The predicted molar refractivity (Wildman–Crippen MR) is 56.0 cm³/mol. The summed E-state index contributed by atoms with van der Waals surface area (Å²) in [5, 5.41) is 3.51. The second-order valence-electron chi connectivity index (χ2n) is 2.80. The molecule has 3 N–H and O–H groups in total. The van der Waals surface area contributed by atoms with Crippen molar-refractivity contribution in [2.45, 2.75) is 6.42 Å². The average molecular weight is 204 g/mol. The number of carbonyl (C=O) groups is 1. The zero-order chi connectivity index (χ0) is 11.1. The lowest BCUT2D eigenvalue weighted by Crippen LogP contribution is -2.26. The van der Waals surface area contributed by atoms with E-state index in [-0.39, 0.29) is 5.71 Å². The minimum Gasteiger partial charge on any atom is -0.350 e. The van der Waals surface area contributed by atoms with Crippen LogP contribution in [-0.2, 0) is 11.2 Å². The molecule has 15 heavy (non-hydrogen) atoms. The van der Waals surface area contributed by atoms with Crippen LogP contribution in [0.5, 0.6) is 0 Å². The molecule has 0 aliphatic heterocycles. The maximum absolute atomic E-state index is 10.5. The third-order valence-corrected chi connectivity index (χ3v) is 1.63. The van der Waals surface area contributed by atoms with E-state index >= 15 is 0 Å². The van der Waals surface area contributed by atoms with Gasteiger partial charge in [0.1, 0.15) is 5.71 Å². The monoisotopic (exact) mass is 204 g/mol. The van der Waals surface area contributed by atoms with Gasteiger partial charge in [-0.1, -0.05) is 30.3 Å². The van der Waals surface area contributed by atoms with Gasteiger partial charge in [0.15, 0.2) is 0 Å². The lowest BCUT2D eigenvalue weighted by atomic mass is 10.1. The van der Waals surface area contributed by atoms with Crippen LogP contribution in [0, 0.1) is 0 Å². The zero-order valence-corrected chi connectivity index (χ0v) is 7.93. The van der Waals surface area contributed by atoms with Crippen LogP contribution >= 0.6 is 0 Å². The quantitative estimate of drug-likeness (QED) is 0.548. The number of hydrogen-bond acceptors (Lipinski definition) is 3. The van der Waals surface area contributed by atoms with Crippen LogP contribution in [0.2, 0.25) is 0 Å². The number of nitrogens with zero attached hydrogens (tertiary/aromatic N) is 1. The van der Waals surface area contributed by atoms with Gasteiger partial charge in [-0.2, -0.15) is 5.10 Å². The highest BCUT2D eigenvalue weighted by molar-refractivity contribution is 6.29. The number of rotatable bonds is 4. The van der Waals surface area contributed by atoms with Crippen LogP contribution in [0.15, 0.2) is 35.4 Å². The topological polar surface area (TPSA) is 84.6 Å². The van der Waals surface area contributed by atoms with E-state index in [1.54, 1.807) is 6.29 Å². The Labute approximate surface area is 87.0 Å². The molecule has 1 radical (unpaired) electrons. The van der Waals surface area contributed by atoms with Gasteiger partial charge in [-0.15, -0.1) is 0 Å². The Morgan fingerprint density at radius 3 is 2.60 bits per heavy atom. The molecule has 0 spiro atoms. The number of nitrogens with one attached hydrogen (secondary N) is 1. The maximum atomic E-state index is 10.5. The van der Waals surface area contributed by atoms with E-state index in [0.717, 1.165) is 5.56 Å². The molecular weight excluding hydrogens is 194 g/mol. The molecule has 5 nitrogen and oxygen atoms in total. The van der Waals surface area contributed by atoms with Gasteiger partial charge >= 0.3 is 6.03 Å². The zero-order valence-electron chi connectivity index (χ0n) is 7.93. The van der Waals surface area contributed by atoms with Gasteiger partial charge in [-0.05, 0) is 5.56 Å². The van der Waals surface area contributed by atoms with Crippen molar-refractivity contribution in [3.8, 4) is 0 Å². The van der Waals surface area contributed by atoms with Crippen molar-refractivity contribution >= 4 is 18.0 Å². The number of amides is 2. The van der Waals surface area contributed by atoms with E-state index in [1.807, 2.05) is 35.8 Å². The molecule has 1 rings (SSSR count). The van der Waals surface area contributed by atoms with Crippen molar-refractivity contribution < 1.29 is 9.59 Å². The third kappa shape index (κ3) is 4.04. The lowest BCUT2D eigenvalue weighted by Gasteiger charge is -1.99. The van der Waals surface area contributed by atoms with Crippen molar-refractivity contribution in [1.29, 1.82) is 0 Å². The van der Waals surface area contributed by atoms with Crippen LogP contribution in [0.4, 0.5) is 4.79 Å². The van der Waals surface area contributed by atoms with E-state index < -0.39 is 6.03 Å². The van der Waals surface area contributed by atoms with Crippen molar-refractivity contribution in [3.63, 3.8) is 0 Å². The Morgan fingerprint density at radius 2 is 2.07 bits per heavy atom. The molecular formula is C10H10N3O2. The fraction of sp³-hybridized carbons (Fsp3) is 0.100. The first kappa shape index (κ1) is 10.9. The van der Waals surface area contributed by atoms with E-state index in [4.69, 9.17) is 5.73 Å². The summed E-state index contributed by atoms with van der Waals surface area (Å²) in [5.74, 6) is 0. The highest BCUT2D eigenvalue weighted by Gasteiger charge is 2.01. The Balaban J connectivity index is 2.65. The van der Waals surface area contributed by atoms with Crippen molar-refractivity contribution in [2.75, 3.05) is 0 Å². The molecule has 5 heteroatoms. The smallest absolute Gasteiger partial charge is 0.332 e. The fourth-order valence-electron chi connectivity index (χ4n) is 1.01. The highest BCUT2D eigenvalue weighted by atomic mass is 16.2. The predicted octanol–water partition coefficient (Wildman–Crippen LogP) is 0.363. The second-order valence-corrected chi connectivity index (χ2v) is 2.80. The minimum absolute atomic E-state index is 0.0972. The molecule has 0 heterocycles. The summed E-state index contributed by atoms with van der Waals surface area (Å²) in [5.41, 5.74) is 7.79. The fourth-order valence-corrected chi connectivity index (χ4v) is 1.01. The van der Waals surface area contributed by atoms with Crippen molar-refractivity contribution in [1.82, 2.24) is 5.43 Å². The Morgan fingerprint density at radius 1 is 1.40 bits per heavy atom. The molecule has 0 aromatic heterocycles. The number of carbonyl (C=O) groups excluding carboxylic acids is 2. The van der Waals surface area contributed by atoms with Crippen molar-refractivity contribution in [2.24, 2.45) is 10.8 Å². The van der Waals surface area contributed by atoms with Gasteiger partial charge in [0.25, 0.3) is 6.29 Å². The van der Waals surface area contributed by atoms with Gasteiger partial charge in [-0.3, -0.25) is 4.79 Å². The van der Waals surface area contributed by atoms with E-state index in [9.17, 15) is 9.59 Å². The summed E-state index contributed by atoms with van der Waals surface area (Å²) >= 11 is 0. The number of benzene rings is 1. The lowest BCUT2D eigenvalue weighted by molar-refractivity contribution is 0.249. The SMILES string of the molecule is NC(=O)N/N=C(\[C]=O)Cc1ccccc1. The molecule has 1 aromatic carbocycles. The van der Waals surface area contributed by atoms with E-state index in [1.165, 1.54) is 0 Å². The molecule has 1 aromatic rings. The number of hydrogen-bond donors (Lipinski definition) is 2. The number of nitrogens with two attached hydrogens (primary N) is 1. The summed E-state index contributed by atoms with van der Waals surface area (Å²) in [6.07, 6.45) is 1.95. The summed E-state index contributed by atoms with van der Waals surface area (Å²) in [6, 6.07) is 8.44. The molecule has 0 atom stereocenters. The normalized spacial score (nSPS) is 10.8. The molecule has 77 valence electrons. The molecule has 0 aliphatic rings. The summed E-state index contributed by atoms with van der Waals surface area (Å²) in [7, 11) is 0. The van der Waals surface area contributed by atoms with Gasteiger partial charge in [0.05, 0.1) is 0 Å². The Hall–Kier alpha value is -2.17. The highest BCUT2D eigenvalue weighted by Crippen LogP contribution is 1.99. The van der Waals surface area contributed by atoms with E-state index in [2.05, 4.69) is 5.10 Å². The Kier molecular flexibility index (Phi) is 4.03. The summed E-state index contributed by atoms with van der Waals surface area (Å²) in [6.45, 7) is 0. The summed E-state index contributed by atoms with van der Waals surface area (Å²) < 4.78 is 0. The molecule has 0 aliphatic carbocycles. The minimum atomic E-state index is -0.809. The average Bonchev–Trinajstić information content (AvgIpc) is 2.25. The van der Waals surface area contributed by atoms with Crippen LogP contribution < -0.4 is 11.2 Å². The van der Waals surface area contributed by atoms with Crippen molar-refractivity contribution in [3.05, 3.63) is 35.9 Å². The molecule has 0 saturated carbocycles. The van der Waals surface area contributed by atoms with Gasteiger partial charge in [-0.25, -0.2) is 10.2 Å². The largest absolute Gasteiger partial charge is 0.350 e. The van der Waals surface area contributed by atoms with Crippen LogP contribution in [0.3, 0.4) is 0 Å². The third-order valence-electron chi connectivity index (χ3n) is 1.63. The van der Waals surface area contributed by atoms with Gasteiger partial charge < -0.3 is 5.73 Å². The van der Waals surface area contributed by atoms with Gasteiger partial charge in [0.2, 0.25) is 0 Å². The second kappa shape index (κ2) is 5.54. The summed E-state index contributed by atoms with van der Waals surface area (Å²) in [4.78, 5) is 20.8. The molecule has 2 amide bonds. The first-order valence-electron chi connectivity index (χ1n) is 4.26. The number of primary amides is 1. The van der Waals surface area contributed by atoms with Gasteiger partial charge in [0, 0.05) is 6.42 Å². The van der Waals surface area contributed by atoms with Crippen LogP contribution in [0.25, 0.3) is 0 Å².